The molecule has 0 spiro atoms. The first-order chi connectivity index (χ1) is 11.6. The minimum Gasteiger partial charge on any atom is -0.339 e. The molecule has 2 heterocycles. The molecule has 1 saturated carbocycles. The Kier molecular flexibility index (Phi) is 4.06. The average Bonchev–Trinajstić information content (AvgIpc) is 3.27. The van der Waals surface area contributed by atoms with Crippen molar-refractivity contribution < 1.29 is 4.79 Å². The molecule has 1 aliphatic carbocycles. The Balaban J connectivity index is 1.43. The van der Waals surface area contributed by atoms with Gasteiger partial charge >= 0.3 is 0 Å². The highest BCUT2D eigenvalue weighted by Gasteiger charge is 2.47. The predicted octanol–water partition coefficient (Wildman–Crippen LogP) is 2.35. The summed E-state index contributed by atoms with van der Waals surface area (Å²) in [6.45, 7) is 2.28. The summed E-state index contributed by atoms with van der Waals surface area (Å²) < 4.78 is 1.80. The lowest BCUT2D eigenvalue weighted by atomic mass is 10.1. The van der Waals surface area contributed by atoms with Crippen molar-refractivity contribution in [2.45, 2.75) is 18.4 Å². The lowest BCUT2D eigenvalue weighted by Crippen LogP contribution is -2.48. The lowest BCUT2D eigenvalue weighted by Gasteiger charge is -2.33. The Bertz CT molecular complexity index is 759. The van der Waals surface area contributed by atoms with Gasteiger partial charge in [-0.3, -0.25) is 9.48 Å². The Morgan fingerprint density at radius 3 is 2.96 bits per heavy atom. The number of carbonyl (C=O) groups excluding carboxylic acids is 1. The zero-order valence-corrected chi connectivity index (χ0v) is 14.4. The Morgan fingerprint density at radius 1 is 1.38 bits per heavy atom. The van der Waals surface area contributed by atoms with E-state index in [1.807, 2.05) is 48.6 Å². The monoisotopic (exact) mass is 344 g/mol. The van der Waals surface area contributed by atoms with E-state index in [2.05, 4.69) is 10.4 Å². The zero-order chi connectivity index (χ0) is 16.7. The van der Waals surface area contributed by atoms with Gasteiger partial charge in [0.05, 0.1) is 12.2 Å². The number of amides is 1. The van der Waals surface area contributed by atoms with Crippen LogP contribution in [0.2, 0.25) is 5.02 Å². The van der Waals surface area contributed by atoms with Crippen LogP contribution in [-0.4, -0.2) is 40.2 Å². The van der Waals surface area contributed by atoms with Crippen molar-refractivity contribution in [3.8, 4) is 0 Å². The van der Waals surface area contributed by atoms with Crippen molar-refractivity contribution in [2.24, 2.45) is 13.0 Å². The van der Waals surface area contributed by atoms with Crippen LogP contribution in [0.3, 0.4) is 0 Å². The molecule has 0 bridgehead atoms. The van der Waals surface area contributed by atoms with Crippen molar-refractivity contribution in [1.82, 2.24) is 20.0 Å². The first-order valence-electron chi connectivity index (χ1n) is 8.38. The molecule has 3 atom stereocenters. The number of aromatic nitrogens is 2. The van der Waals surface area contributed by atoms with E-state index in [4.69, 9.17) is 11.6 Å². The fourth-order valence-electron chi connectivity index (χ4n) is 3.62. The highest BCUT2D eigenvalue weighted by Crippen LogP contribution is 2.50. The van der Waals surface area contributed by atoms with E-state index in [9.17, 15) is 4.79 Å². The minimum absolute atomic E-state index is 0.0811. The van der Waals surface area contributed by atoms with Crippen LogP contribution in [-0.2, 0) is 11.8 Å². The molecular formula is C18H21ClN4O. The van der Waals surface area contributed by atoms with Gasteiger partial charge in [-0.25, -0.2) is 0 Å². The summed E-state index contributed by atoms with van der Waals surface area (Å²) >= 11 is 6.28. The molecule has 1 aliphatic heterocycles. The van der Waals surface area contributed by atoms with Gasteiger partial charge in [-0.2, -0.15) is 5.10 Å². The first kappa shape index (κ1) is 15.7. The summed E-state index contributed by atoms with van der Waals surface area (Å²) in [5.41, 5.74) is 2.24. The maximum atomic E-state index is 12.9. The molecule has 1 saturated heterocycles. The number of hydrogen-bond donors (Lipinski definition) is 1. The molecule has 2 aliphatic rings. The highest BCUT2D eigenvalue weighted by atomic mass is 35.5. The number of rotatable bonds is 3. The summed E-state index contributed by atoms with van der Waals surface area (Å²) in [6, 6.07) is 8.02. The molecule has 1 aromatic carbocycles. The van der Waals surface area contributed by atoms with Crippen molar-refractivity contribution >= 4 is 17.5 Å². The summed E-state index contributed by atoms with van der Waals surface area (Å²) in [7, 11) is 1.91. The second-order valence-electron chi connectivity index (χ2n) is 6.71. The van der Waals surface area contributed by atoms with E-state index in [1.54, 1.807) is 4.68 Å². The summed E-state index contributed by atoms with van der Waals surface area (Å²) in [5, 5.41) is 8.48. The van der Waals surface area contributed by atoms with E-state index in [-0.39, 0.29) is 23.8 Å². The van der Waals surface area contributed by atoms with Gasteiger partial charge in [0.2, 0.25) is 5.91 Å². The molecular weight excluding hydrogens is 324 g/mol. The van der Waals surface area contributed by atoms with E-state index in [0.717, 1.165) is 35.7 Å². The molecule has 1 N–H and O–H groups in total. The third kappa shape index (κ3) is 2.94. The largest absolute Gasteiger partial charge is 0.339 e. The van der Waals surface area contributed by atoms with E-state index >= 15 is 0 Å². The average molecular weight is 345 g/mol. The number of aryl methyl sites for hydroxylation is 1. The van der Waals surface area contributed by atoms with E-state index in [1.165, 1.54) is 0 Å². The number of nitrogens with one attached hydrogen (secondary N) is 1. The second-order valence-corrected chi connectivity index (χ2v) is 7.12. The van der Waals surface area contributed by atoms with Gasteiger partial charge in [0, 0.05) is 49.4 Å². The van der Waals surface area contributed by atoms with E-state index in [0.29, 0.717) is 6.54 Å². The zero-order valence-electron chi connectivity index (χ0n) is 13.7. The molecule has 1 unspecified atom stereocenters. The van der Waals surface area contributed by atoms with Crippen molar-refractivity contribution in [2.75, 3.05) is 19.6 Å². The van der Waals surface area contributed by atoms with Crippen molar-refractivity contribution in [3.05, 3.63) is 52.8 Å². The highest BCUT2D eigenvalue weighted by molar-refractivity contribution is 6.31. The molecule has 1 aromatic heterocycles. The van der Waals surface area contributed by atoms with Crippen LogP contribution in [0, 0.1) is 5.92 Å². The maximum Gasteiger partial charge on any atom is 0.226 e. The topological polar surface area (TPSA) is 50.2 Å². The normalized spacial score (nSPS) is 26.4. The first-order valence-corrected chi connectivity index (χ1v) is 8.76. The third-order valence-electron chi connectivity index (χ3n) is 5.03. The molecule has 24 heavy (non-hydrogen) atoms. The van der Waals surface area contributed by atoms with Crippen LogP contribution < -0.4 is 5.32 Å². The molecule has 6 heteroatoms. The van der Waals surface area contributed by atoms with Gasteiger partial charge in [0.25, 0.3) is 0 Å². The Labute approximate surface area is 146 Å². The van der Waals surface area contributed by atoms with Crippen molar-refractivity contribution in [3.63, 3.8) is 0 Å². The van der Waals surface area contributed by atoms with Gasteiger partial charge in [-0.05, 0) is 24.0 Å². The minimum atomic E-state index is 0.0811. The van der Waals surface area contributed by atoms with Crippen LogP contribution >= 0.6 is 11.6 Å². The molecule has 1 amide bonds. The summed E-state index contributed by atoms with van der Waals surface area (Å²) in [6.07, 6.45) is 4.79. The number of halogens is 1. The van der Waals surface area contributed by atoms with Gasteiger partial charge in [0.1, 0.15) is 0 Å². The second kappa shape index (κ2) is 6.22. The smallest absolute Gasteiger partial charge is 0.226 e. The SMILES string of the molecule is Cn1cc(C2CN(C(=O)[C@H]3C[C@@H]3c3ccccc3Cl)CCN2)cn1. The van der Waals surface area contributed by atoms with Crippen LogP contribution in [0.1, 0.15) is 29.5 Å². The fraction of sp³-hybridized carbons (Fsp3) is 0.444. The molecule has 0 radical (unpaired) electrons. The standard InChI is InChI=1S/C18H21ClN4O/c1-22-10-12(9-21-22)17-11-23(7-6-20-17)18(24)15-8-14(15)13-4-2-3-5-16(13)19/h2-5,9-10,14-15,17,20H,6-8,11H2,1H3/t14-,15+,17?/m1/s1. The van der Waals surface area contributed by atoms with Crippen molar-refractivity contribution in [1.29, 1.82) is 0 Å². The van der Waals surface area contributed by atoms with Crippen LogP contribution in [0.4, 0.5) is 0 Å². The molecule has 2 aromatic rings. The van der Waals surface area contributed by atoms with Gasteiger partial charge in [-0.15, -0.1) is 0 Å². The number of benzene rings is 1. The molecule has 4 rings (SSSR count). The quantitative estimate of drug-likeness (QED) is 0.930. The molecule has 5 nitrogen and oxygen atoms in total. The molecule has 126 valence electrons. The van der Waals surface area contributed by atoms with Crippen LogP contribution in [0.15, 0.2) is 36.7 Å². The van der Waals surface area contributed by atoms with Crippen LogP contribution in [0.25, 0.3) is 0 Å². The summed E-state index contributed by atoms with van der Waals surface area (Å²) in [5.74, 6) is 0.616. The maximum absolute atomic E-state index is 12.9. The molecule has 2 fully saturated rings. The van der Waals surface area contributed by atoms with Gasteiger partial charge < -0.3 is 10.2 Å². The number of nitrogens with zero attached hydrogens (tertiary/aromatic N) is 3. The van der Waals surface area contributed by atoms with E-state index < -0.39 is 0 Å². The number of piperazine rings is 1. The summed E-state index contributed by atoms with van der Waals surface area (Å²) in [4.78, 5) is 14.9. The predicted molar refractivity (Wildman–Crippen MR) is 92.8 cm³/mol. The number of carbonyl (C=O) groups is 1. The van der Waals surface area contributed by atoms with Gasteiger partial charge in [0.15, 0.2) is 0 Å². The number of hydrogen-bond acceptors (Lipinski definition) is 3. The van der Waals surface area contributed by atoms with Crippen LogP contribution in [0.5, 0.6) is 0 Å². The Morgan fingerprint density at radius 2 is 2.21 bits per heavy atom. The lowest BCUT2D eigenvalue weighted by molar-refractivity contribution is -0.133. The van der Waals surface area contributed by atoms with Gasteiger partial charge in [-0.1, -0.05) is 29.8 Å². The Hall–Kier alpha value is -1.85. The fourth-order valence-corrected chi connectivity index (χ4v) is 3.89. The third-order valence-corrected chi connectivity index (χ3v) is 5.37.